The second-order valence-corrected chi connectivity index (χ2v) is 9.62. The Morgan fingerprint density at radius 2 is 1.55 bits per heavy atom. The molecular weight excluding hydrogens is 483 g/mol. The number of sulfonamides is 1. The first kappa shape index (κ1) is 23.4. The third kappa shape index (κ3) is 4.97. The zero-order chi connectivity index (χ0) is 22.8. The van der Waals surface area contributed by atoms with E-state index in [9.17, 15) is 18.3 Å². The molecule has 1 amide bonds. The molecule has 10 heteroatoms. The SMILES string of the molecule is NC(=O)CN(c1ccc(Cl)cc1C(O)c1ccccc1Cl)S(=O)(=O)c1ccccc1Cl. The second kappa shape index (κ2) is 9.46. The fourth-order valence-corrected chi connectivity index (χ4v) is 5.42. The fourth-order valence-electron chi connectivity index (χ4n) is 3.05. The minimum absolute atomic E-state index is 0.00976. The number of carbonyl (C=O) groups is 1. The van der Waals surface area contributed by atoms with Crippen molar-refractivity contribution in [3.8, 4) is 0 Å². The minimum atomic E-state index is -4.33. The Morgan fingerprint density at radius 1 is 0.935 bits per heavy atom. The van der Waals surface area contributed by atoms with Gasteiger partial charge in [-0.3, -0.25) is 9.10 Å². The number of halogens is 3. The Bertz CT molecular complexity index is 1230. The molecule has 1 atom stereocenters. The smallest absolute Gasteiger partial charge is 0.266 e. The number of nitrogens with zero attached hydrogens (tertiary/aromatic N) is 1. The molecule has 0 radical (unpaired) electrons. The number of amides is 1. The quantitative estimate of drug-likeness (QED) is 0.503. The lowest BCUT2D eigenvalue weighted by Gasteiger charge is -2.28. The molecule has 3 aromatic rings. The monoisotopic (exact) mass is 498 g/mol. The van der Waals surface area contributed by atoms with E-state index in [0.717, 1.165) is 4.31 Å². The van der Waals surface area contributed by atoms with Crippen LogP contribution in [0.1, 0.15) is 17.2 Å². The molecule has 31 heavy (non-hydrogen) atoms. The zero-order valence-electron chi connectivity index (χ0n) is 15.9. The van der Waals surface area contributed by atoms with E-state index in [4.69, 9.17) is 40.5 Å². The number of benzene rings is 3. The highest BCUT2D eigenvalue weighted by atomic mass is 35.5. The highest BCUT2D eigenvalue weighted by Gasteiger charge is 2.32. The number of anilines is 1. The van der Waals surface area contributed by atoms with E-state index in [1.165, 1.54) is 36.4 Å². The van der Waals surface area contributed by atoms with Crippen LogP contribution in [-0.4, -0.2) is 26.0 Å². The lowest BCUT2D eigenvalue weighted by Crippen LogP contribution is -2.39. The molecule has 0 spiro atoms. The number of carbonyl (C=O) groups excluding carboxylic acids is 1. The molecule has 3 rings (SSSR count). The Labute approximate surface area is 194 Å². The first-order valence-corrected chi connectivity index (χ1v) is 11.5. The van der Waals surface area contributed by atoms with Crippen LogP contribution in [0.3, 0.4) is 0 Å². The third-order valence-electron chi connectivity index (χ3n) is 4.46. The van der Waals surface area contributed by atoms with E-state index in [2.05, 4.69) is 0 Å². The normalized spacial score (nSPS) is 12.4. The van der Waals surface area contributed by atoms with Gasteiger partial charge in [-0.15, -0.1) is 0 Å². The molecule has 0 aliphatic carbocycles. The van der Waals surface area contributed by atoms with Gasteiger partial charge >= 0.3 is 0 Å². The third-order valence-corrected chi connectivity index (χ3v) is 7.30. The number of aliphatic hydroxyl groups is 1. The molecule has 6 nitrogen and oxygen atoms in total. The molecule has 0 saturated heterocycles. The molecule has 1 unspecified atom stereocenters. The van der Waals surface area contributed by atoms with Crippen molar-refractivity contribution in [2.45, 2.75) is 11.0 Å². The molecule has 162 valence electrons. The topological polar surface area (TPSA) is 101 Å². The van der Waals surface area contributed by atoms with Gasteiger partial charge in [0.1, 0.15) is 17.5 Å². The molecule has 3 aromatic carbocycles. The number of aliphatic hydroxyl groups excluding tert-OH is 1. The van der Waals surface area contributed by atoms with Crippen molar-refractivity contribution in [3.05, 3.63) is 92.9 Å². The molecule has 3 N–H and O–H groups in total. The highest BCUT2D eigenvalue weighted by molar-refractivity contribution is 7.93. The summed E-state index contributed by atoms with van der Waals surface area (Å²) < 4.78 is 27.7. The van der Waals surface area contributed by atoms with Crippen LogP contribution in [0.15, 0.2) is 71.6 Å². The Hall–Kier alpha value is -2.29. The summed E-state index contributed by atoms with van der Waals surface area (Å²) in [5, 5.41) is 11.5. The Balaban J connectivity index is 2.23. The summed E-state index contributed by atoms with van der Waals surface area (Å²) in [6.45, 7) is -0.683. The summed E-state index contributed by atoms with van der Waals surface area (Å²) >= 11 is 18.5. The Kier molecular flexibility index (Phi) is 7.13. The average Bonchev–Trinajstić information content (AvgIpc) is 2.72. The molecule has 0 aromatic heterocycles. The fraction of sp³-hybridized carbons (Fsp3) is 0.0952. The van der Waals surface area contributed by atoms with Gasteiger partial charge in [-0.25, -0.2) is 8.42 Å². The molecular formula is C21H17Cl3N2O4S. The summed E-state index contributed by atoms with van der Waals surface area (Å²) in [6, 6.07) is 16.6. The molecule has 0 saturated carbocycles. The van der Waals surface area contributed by atoms with Crippen LogP contribution in [0.4, 0.5) is 5.69 Å². The maximum atomic E-state index is 13.4. The van der Waals surface area contributed by atoms with Crippen molar-refractivity contribution >= 4 is 56.4 Å². The number of rotatable bonds is 7. The molecule has 0 fully saturated rings. The summed E-state index contributed by atoms with van der Waals surface area (Å²) in [7, 11) is -4.33. The number of hydrogen-bond acceptors (Lipinski definition) is 4. The average molecular weight is 500 g/mol. The van der Waals surface area contributed by atoms with Gasteiger partial charge in [-0.2, -0.15) is 0 Å². The number of hydrogen-bond donors (Lipinski definition) is 2. The van der Waals surface area contributed by atoms with Gasteiger partial charge in [-0.05, 0) is 36.4 Å². The van der Waals surface area contributed by atoms with Gasteiger partial charge in [0, 0.05) is 21.2 Å². The van der Waals surface area contributed by atoms with Crippen LogP contribution in [0.25, 0.3) is 0 Å². The maximum absolute atomic E-state index is 13.4. The largest absolute Gasteiger partial charge is 0.384 e. The highest BCUT2D eigenvalue weighted by Crippen LogP contribution is 2.38. The van der Waals surface area contributed by atoms with Crippen LogP contribution in [-0.2, 0) is 14.8 Å². The standard InChI is InChI=1S/C21H17Cl3N2O4S/c22-13-9-10-18(15(11-13)21(28)14-5-1-2-6-16(14)23)26(12-20(25)27)31(29,30)19-8-4-3-7-17(19)24/h1-11,21,28H,12H2,(H2,25,27). The van der Waals surface area contributed by atoms with Crippen LogP contribution in [0, 0.1) is 0 Å². The minimum Gasteiger partial charge on any atom is -0.384 e. The van der Waals surface area contributed by atoms with Crippen molar-refractivity contribution in [2.75, 3.05) is 10.8 Å². The first-order valence-electron chi connectivity index (χ1n) is 8.90. The molecule has 0 bridgehead atoms. The predicted octanol–water partition coefficient (Wildman–Crippen LogP) is 4.41. The summed E-state index contributed by atoms with van der Waals surface area (Å²) in [4.78, 5) is 11.6. The summed E-state index contributed by atoms with van der Waals surface area (Å²) in [6.07, 6.45) is -1.33. The van der Waals surface area contributed by atoms with Crippen molar-refractivity contribution in [3.63, 3.8) is 0 Å². The van der Waals surface area contributed by atoms with E-state index < -0.39 is 28.6 Å². The number of nitrogens with two attached hydrogens (primary N) is 1. The molecule has 0 aliphatic rings. The molecule has 0 aliphatic heterocycles. The van der Waals surface area contributed by atoms with Crippen LogP contribution < -0.4 is 10.0 Å². The van der Waals surface area contributed by atoms with E-state index in [0.29, 0.717) is 5.56 Å². The van der Waals surface area contributed by atoms with Crippen molar-refractivity contribution in [2.24, 2.45) is 5.73 Å². The zero-order valence-corrected chi connectivity index (χ0v) is 19.0. The van der Waals surface area contributed by atoms with Gasteiger partial charge in [0.05, 0.1) is 10.7 Å². The lowest BCUT2D eigenvalue weighted by molar-refractivity contribution is -0.116. The van der Waals surface area contributed by atoms with E-state index >= 15 is 0 Å². The van der Waals surface area contributed by atoms with Crippen LogP contribution in [0.2, 0.25) is 15.1 Å². The summed E-state index contributed by atoms with van der Waals surface area (Å²) in [5.41, 5.74) is 5.81. The lowest BCUT2D eigenvalue weighted by atomic mass is 9.99. The van der Waals surface area contributed by atoms with Crippen LogP contribution >= 0.6 is 34.8 Å². The van der Waals surface area contributed by atoms with Gasteiger partial charge in [-0.1, -0.05) is 65.1 Å². The van der Waals surface area contributed by atoms with Crippen molar-refractivity contribution in [1.29, 1.82) is 0 Å². The van der Waals surface area contributed by atoms with Gasteiger partial charge in [0.15, 0.2) is 0 Å². The van der Waals surface area contributed by atoms with Gasteiger partial charge < -0.3 is 10.8 Å². The molecule has 0 heterocycles. The maximum Gasteiger partial charge on any atom is 0.266 e. The van der Waals surface area contributed by atoms with Crippen molar-refractivity contribution < 1.29 is 18.3 Å². The van der Waals surface area contributed by atoms with E-state index in [-0.39, 0.29) is 31.2 Å². The summed E-state index contributed by atoms with van der Waals surface area (Å²) in [5.74, 6) is -0.899. The first-order chi connectivity index (χ1) is 14.6. The second-order valence-electron chi connectivity index (χ2n) is 6.54. The van der Waals surface area contributed by atoms with Gasteiger partial charge in [0.25, 0.3) is 10.0 Å². The number of primary amides is 1. The van der Waals surface area contributed by atoms with Gasteiger partial charge in [0.2, 0.25) is 5.91 Å². The van der Waals surface area contributed by atoms with Crippen LogP contribution in [0.5, 0.6) is 0 Å². The Morgan fingerprint density at radius 3 is 2.16 bits per heavy atom. The van der Waals surface area contributed by atoms with Crippen molar-refractivity contribution in [1.82, 2.24) is 0 Å². The van der Waals surface area contributed by atoms with E-state index in [1.807, 2.05) is 0 Å². The van der Waals surface area contributed by atoms with E-state index in [1.54, 1.807) is 30.3 Å². The predicted molar refractivity (Wildman–Crippen MR) is 122 cm³/mol.